The van der Waals surface area contributed by atoms with Gasteiger partial charge in [0, 0.05) is 18.8 Å². The van der Waals surface area contributed by atoms with Gasteiger partial charge >= 0.3 is 0 Å². The van der Waals surface area contributed by atoms with Gasteiger partial charge in [-0.2, -0.15) is 0 Å². The maximum absolute atomic E-state index is 6.15. The van der Waals surface area contributed by atoms with Crippen LogP contribution in [0, 0.1) is 0 Å². The van der Waals surface area contributed by atoms with Gasteiger partial charge in [-0.3, -0.25) is 0 Å². The molecule has 1 heterocycles. The molecule has 0 radical (unpaired) electrons. The van der Waals surface area contributed by atoms with Crippen molar-refractivity contribution in [1.29, 1.82) is 0 Å². The van der Waals surface area contributed by atoms with Crippen molar-refractivity contribution in [2.45, 2.75) is 51.8 Å². The van der Waals surface area contributed by atoms with E-state index in [1.165, 1.54) is 12.8 Å². The second-order valence-electron chi connectivity index (χ2n) is 4.62. The lowest BCUT2D eigenvalue weighted by atomic mass is 10.3. The van der Waals surface area contributed by atoms with Crippen LogP contribution in [0.5, 0.6) is 5.88 Å². The van der Waals surface area contributed by atoms with Crippen LogP contribution in [0.1, 0.15) is 38.7 Å². The van der Waals surface area contributed by atoms with Gasteiger partial charge in [0.25, 0.3) is 0 Å². The number of hydrogen-bond donors (Lipinski definition) is 1. The number of nitrogens with one attached hydrogen (secondary N) is 1. The molecule has 0 aliphatic heterocycles. The van der Waals surface area contributed by atoms with Gasteiger partial charge in [-0.25, -0.2) is 4.98 Å². The van der Waals surface area contributed by atoms with E-state index in [1.54, 1.807) is 0 Å². The van der Waals surface area contributed by atoms with E-state index in [-0.39, 0.29) is 6.10 Å². The van der Waals surface area contributed by atoms with E-state index in [0.29, 0.717) is 16.9 Å². The number of rotatable bonds is 6. The normalized spacial score (nSPS) is 16.9. The second-order valence-corrected chi connectivity index (χ2v) is 5.03. The van der Waals surface area contributed by atoms with Gasteiger partial charge in [0.05, 0.1) is 6.10 Å². The Balaban J connectivity index is 1.94. The van der Waals surface area contributed by atoms with Crippen LogP contribution in [0.3, 0.4) is 0 Å². The van der Waals surface area contributed by atoms with Crippen LogP contribution in [-0.4, -0.2) is 17.1 Å². The molecule has 1 fully saturated rings. The van der Waals surface area contributed by atoms with Crippen molar-refractivity contribution in [3.63, 3.8) is 0 Å². The zero-order valence-electron chi connectivity index (χ0n) is 10.4. The standard InChI is InChI=1S/C13H19ClN2O/c1-3-9(2)17-13-12(14)6-10(8-16-13)7-15-11-4-5-11/h6,8-9,11,15H,3-5,7H2,1-2H3. The summed E-state index contributed by atoms with van der Waals surface area (Å²) in [5.74, 6) is 0.538. The van der Waals surface area contributed by atoms with Crippen molar-refractivity contribution in [2.75, 3.05) is 0 Å². The molecule has 1 atom stereocenters. The Bertz CT molecular complexity index is 380. The number of hydrogen-bond acceptors (Lipinski definition) is 3. The molecule has 0 aromatic carbocycles. The SMILES string of the molecule is CCC(C)Oc1ncc(CNC2CC2)cc1Cl. The van der Waals surface area contributed by atoms with Crippen molar-refractivity contribution in [1.82, 2.24) is 10.3 Å². The predicted molar refractivity (Wildman–Crippen MR) is 69.5 cm³/mol. The minimum Gasteiger partial charge on any atom is -0.474 e. The topological polar surface area (TPSA) is 34.1 Å². The van der Waals surface area contributed by atoms with E-state index in [0.717, 1.165) is 18.5 Å². The van der Waals surface area contributed by atoms with Gasteiger partial charge in [0.1, 0.15) is 5.02 Å². The van der Waals surface area contributed by atoms with Gasteiger partial charge in [0.2, 0.25) is 5.88 Å². The van der Waals surface area contributed by atoms with E-state index in [4.69, 9.17) is 16.3 Å². The molecule has 1 aliphatic rings. The largest absolute Gasteiger partial charge is 0.474 e. The van der Waals surface area contributed by atoms with Crippen LogP contribution in [0.2, 0.25) is 5.02 Å². The maximum Gasteiger partial charge on any atom is 0.232 e. The third kappa shape index (κ3) is 3.86. The molecule has 1 aromatic heterocycles. The molecule has 0 spiro atoms. The van der Waals surface area contributed by atoms with Gasteiger partial charge < -0.3 is 10.1 Å². The zero-order valence-corrected chi connectivity index (χ0v) is 11.1. The number of halogens is 1. The Morgan fingerprint density at radius 3 is 2.94 bits per heavy atom. The third-order valence-corrected chi connectivity index (χ3v) is 3.19. The summed E-state index contributed by atoms with van der Waals surface area (Å²) in [6.45, 7) is 4.92. The first-order chi connectivity index (χ1) is 8.19. The summed E-state index contributed by atoms with van der Waals surface area (Å²) in [4.78, 5) is 4.27. The average Bonchev–Trinajstić information content (AvgIpc) is 3.13. The van der Waals surface area contributed by atoms with Gasteiger partial charge in [-0.15, -0.1) is 0 Å². The van der Waals surface area contributed by atoms with E-state index in [2.05, 4.69) is 17.2 Å². The molecule has 1 aliphatic carbocycles. The molecule has 1 unspecified atom stereocenters. The maximum atomic E-state index is 6.15. The molecular weight excluding hydrogens is 236 g/mol. The van der Waals surface area contributed by atoms with Gasteiger partial charge in [-0.1, -0.05) is 18.5 Å². The number of ether oxygens (including phenoxy) is 1. The fourth-order valence-corrected chi connectivity index (χ4v) is 1.71. The van der Waals surface area contributed by atoms with E-state index < -0.39 is 0 Å². The number of nitrogens with zero attached hydrogens (tertiary/aromatic N) is 1. The number of aromatic nitrogens is 1. The van der Waals surface area contributed by atoms with Gasteiger partial charge in [-0.05, 0) is 37.8 Å². The van der Waals surface area contributed by atoms with Crippen LogP contribution in [0.25, 0.3) is 0 Å². The van der Waals surface area contributed by atoms with Crippen LogP contribution in [-0.2, 0) is 6.54 Å². The average molecular weight is 255 g/mol. The highest BCUT2D eigenvalue weighted by molar-refractivity contribution is 6.31. The first-order valence-electron chi connectivity index (χ1n) is 6.23. The monoisotopic (exact) mass is 254 g/mol. The third-order valence-electron chi connectivity index (χ3n) is 2.92. The second kappa shape index (κ2) is 5.69. The summed E-state index contributed by atoms with van der Waals surface area (Å²) in [6, 6.07) is 2.63. The molecule has 4 heteroatoms. The van der Waals surface area contributed by atoms with E-state index >= 15 is 0 Å². The lowest BCUT2D eigenvalue weighted by Gasteiger charge is -2.13. The predicted octanol–water partition coefficient (Wildman–Crippen LogP) is 3.16. The quantitative estimate of drug-likeness (QED) is 0.847. The number of pyridine rings is 1. The Morgan fingerprint density at radius 1 is 1.59 bits per heavy atom. The molecular formula is C13H19ClN2O. The molecule has 1 saturated carbocycles. The van der Waals surface area contributed by atoms with Crippen molar-refractivity contribution in [3.8, 4) is 5.88 Å². The Hall–Kier alpha value is -0.800. The molecule has 3 nitrogen and oxygen atoms in total. The van der Waals surface area contributed by atoms with E-state index in [1.807, 2.05) is 19.2 Å². The van der Waals surface area contributed by atoms with Crippen LogP contribution in [0.15, 0.2) is 12.3 Å². The molecule has 0 amide bonds. The summed E-state index contributed by atoms with van der Waals surface area (Å²) in [5, 5.41) is 4.03. The highest BCUT2D eigenvalue weighted by Crippen LogP contribution is 2.25. The van der Waals surface area contributed by atoms with Gasteiger partial charge in [0.15, 0.2) is 0 Å². The summed E-state index contributed by atoms with van der Waals surface area (Å²) in [5.41, 5.74) is 1.11. The van der Waals surface area contributed by atoms with Crippen molar-refractivity contribution in [3.05, 3.63) is 22.8 Å². The Kier molecular flexibility index (Phi) is 4.24. The molecule has 17 heavy (non-hydrogen) atoms. The zero-order chi connectivity index (χ0) is 12.3. The highest BCUT2D eigenvalue weighted by atomic mass is 35.5. The lowest BCUT2D eigenvalue weighted by molar-refractivity contribution is 0.208. The lowest BCUT2D eigenvalue weighted by Crippen LogP contribution is -2.16. The first-order valence-corrected chi connectivity index (χ1v) is 6.61. The Morgan fingerprint density at radius 2 is 2.35 bits per heavy atom. The smallest absolute Gasteiger partial charge is 0.232 e. The minimum absolute atomic E-state index is 0.149. The molecule has 1 N–H and O–H groups in total. The summed E-state index contributed by atoms with van der Waals surface area (Å²) in [6.07, 6.45) is 5.50. The molecule has 0 bridgehead atoms. The summed E-state index contributed by atoms with van der Waals surface area (Å²) < 4.78 is 5.62. The fraction of sp³-hybridized carbons (Fsp3) is 0.615. The minimum atomic E-state index is 0.149. The van der Waals surface area contributed by atoms with Crippen LogP contribution in [0.4, 0.5) is 0 Å². The van der Waals surface area contributed by atoms with Crippen molar-refractivity contribution in [2.24, 2.45) is 0 Å². The van der Waals surface area contributed by atoms with Crippen LogP contribution >= 0.6 is 11.6 Å². The highest BCUT2D eigenvalue weighted by Gasteiger charge is 2.20. The Labute approximate surface area is 108 Å². The van der Waals surface area contributed by atoms with E-state index in [9.17, 15) is 0 Å². The molecule has 1 aromatic rings. The molecule has 94 valence electrons. The van der Waals surface area contributed by atoms with Crippen molar-refractivity contribution >= 4 is 11.6 Å². The molecule has 2 rings (SSSR count). The first kappa shape index (κ1) is 12.7. The summed E-state index contributed by atoms with van der Waals surface area (Å²) in [7, 11) is 0. The van der Waals surface area contributed by atoms with Crippen molar-refractivity contribution < 1.29 is 4.74 Å². The summed E-state index contributed by atoms with van der Waals surface area (Å²) >= 11 is 6.15. The fourth-order valence-electron chi connectivity index (χ4n) is 1.47. The van der Waals surface area contributed by atoms with Crippen LogP contribution < -0.4 is 10.1 Å². The molecule has 0 saturated heterocycles.